The van der Waals surface area contributed by atoms with Gasteiger partial charge in [0.1, 0.15) is 23.8 Å². The van der Waals surface area contributed by atoms with Crippen LogP contribution in [0.2, 0.25) is 0 Å². The van der Waals surface area contributed by atoms with E-state index >= 15 is 0 Å². The molecule has 158 valence electrons. The van der Waals surface area contributed by atoms with Crippen LogP contribution in [0.4, 0.5) is 11.4 Å². The number of aromatic nitrogens is 1. The molecule has 2 N–H and O–H groups in total. The molecular weight excluding hydrogens is 392 g/mol. The molecule has 5 nitrogen and oxygen atoms in total. The number of aryl methyl sites for hydroxylation is 1. The summed E-state index contributed by atoms with van der Waals surface area (Å²) in [7, 11) is 4.11. The van der Waals surface area contributed by atoms with E-state index in [4.69, 9.17) is 4.98 Å². The Kier molecular flexibility index (Phi) is 7.60. The number of thiazole rings is 1. The summed E-state index contributed by atoms with van der Waals surface area (Å²) in [4.78, 5) is 20.6. The normalized spacial score (nSPS) is 11.9. The average Bonchev–Trinajstić information content (AvgIpc) is 3.16. The SMILES string of the molecule is CC[NH+](Cc1ccc(N(C)C)cc1)Cc1csc(CC(=O)Nc2ccc(C)cc2)n1. The van der Waals surface area contributed by atoms with Gasteiger partial charge in [0, 0.05) is 36.4 Å². The summed E-state index contributed by atoms with van der Waals surface area (Å²) in [6, 6.07) is 16.6. The summed E-state index contributed by atoms with van der Waals surface area (Å²) in [5.74, 6) is -0.0274. The van der Waals surface area contributed by atoms with Gasteiger partial charge in [-0.3, -0.25) is 4.79 Å². The van der Waals surface area contributed by atoms with Crippen LogP contribution in [0.3, 0.4) is 0 Å². The van der Waals surface area contributed by atoms with Crippen molar-refractivity contribution in [3.63, 3.8) is 0 Å². The zero-order valence-corrected chi connectivity index (χ0v) is 19.1. The predicted octanol–water partition coefficient (Wildman–Crippen LogP) is 3.30. The van der Waals surface area contributed by atoms with Gasteiger partial charge >= 0.3 is 0 Å². The monoisotopic (exact) mass is 423 g/mol. The second kappa shape index (κ2) is 10.4. The number of rotatable bonds is 9. The van der Waals surface area contributed by atoms with Gasteiger partial charge in [0.25, 0.3) is 0 Å². The molecule has 1 atom stereocenters. The molecule has 1 aromatic heterocycles. The Labute approximate surface area is 183 Å². The van der Waals surface area contributed by atoms with Gasteiger partial charge in [-0.15, -0.1) is 11.3 Å². The zero-order valence-electron chi connectivity index (χ0n) is 18.2. The highest BCUT2D eigenvalue weighted by Gasteiger charge is 2.13. The van der Waals surface area contributed by atoms with E-state index in [2.05, 4.69) is 60.9 Å². The molecule has 6 heteroatoms. The van der Waals surface area contributed by atoms with Crippen molar-refractivity contribution >= 4 is 28.6 Å². The van der Waals surface area contributed by atoms with Crippen LogP contribution in [0.5, 0.6) is 0 Å². The van der Waals surface area contributed by atoms with Gasteiger partial charge in [-0.2, -0.15) is 0 Å². The fourth-order valence-electron chi connectivity index (χ4n) is 3.26. The molecule has 0 bridgehead atoms. The topological polar surface area (TPSA) is 49.7 Å². The largest absolute Gasteiger partial charge is 0.378 e. The molecule has 30 heavy (non-hydrogen) atoms. The van der Waals surface area contributed by atoms with Gasteiger partial charge < -0.3 is 15.1 Å². The number of amides is 1. The van der Waals surface area contributed by atoms with E-state index in [1.54, 1.807) is 11.3 Å². The number of carbonyl (C=O) groups excluding carboxylic acids is 1. The number of hydrogen-bond donors (Lipinski definition) is 2. The van der Waals surface area contributed by atoms with E-state index in [0.717, 1.165) is 36.0 Å². The third-order valence-electron chi connectivity index (χ3n) is 5.08. The molecule has 2 aromatic carbocycles. The second-order valence-corrected chi connectivity index (χ2v) is 8.78. The number of nitrogens with one attached hydrogen (secondary N) is 2. The summed E-state index contributed by atoms with van der Waals surface area (Å²) < 4.78 is 0. The Balaban J connectivity index is 1.53. The first-order chi connectivity index (χ1) is 14.4. The van der Waals surface area contributed by atoms with E-state index in [-0.39, 0.29) is 5.91 Å². The highest BCUT2D eigenvalue weighted by Crippen LogP contribution is 2.14. The lowest BCUT2D eigenvalue weighted by Gasteiger charge is -2.18. The molecule has 0 aliphatic heterocycles. The van der Waals surface area contributed by atoms with Crippen molar-refractivity contribution in [1.29, 1.82) is 0 Å². The molecule has 1 unspecified atom stereocenters. The number of anilines is 2. The molecule has 0 spiro atoms. The standard InChI is InChI=1S/C24H30N4OS/c1-5-28(15-19-8-12-22(13-9-19)27(3)4)16-21-17-30-24(26-21)14-23(29)25-20-10-6-18(2)7-11-20/h6-13,17H,5,14-16H2,1-4H3,(H,25,29)/p+1. The van der Waals surface area contributed by atoms with Gasteiger partial charge in [-0.05, 0) is 38.1 Å². The van der Waals surface area contributed by atoms with Crippen LogP contribution in [0.1, 0.15) is 28.8 Å². The maximum atomic E-state index is 12.3. The Hall–Kier alpha value is -2.70. The Morgan fingerprint density at radius 2 is 1.77 bits per heavy atom. The van der Waals surface area contributed by atoms with Gasteiger partial charge in [0.05, 0.1) is 13.0 Å². The first-order valence-corrected chi connectivity index (χ1v) is 11.2. The van der Waals surface area contributed by atoms with Crippen molar-refractivity contribution in [2.24, 2.45) is 0 Å². The highest BCUT2D eigenvalue weighted by atomic mass is 32.1. The summed E-state index contributed by atoms with van der Waals surface area (Å²) in [6.07, 6.45) is 0.312. The minimum Gasteiger partial charge on any atom is -0.378 e. The van der Waals surface area contributed by atoms with Gasteiger partial charge in [0.15, 0.2) is 0 Å². The third-order valence-corrected chi connectivity index (χ3v) is 5.98. The van der Waals surface area contributed by atoms with E-state index in [1.807, 2.05) is 31.2 Å². The van der Waals surface area contributed by atoms with Crippen molar-refractivity contribution in [3.8, 4) is 0 Å². The molecule has 0 aliphatic rings. The van der Waals surface area contributed by atoms with Crippen LogP contribution < -0.4 is 15.1 Å². The Morgan fingerprint density at radius 3 is 2.40 bits per heavy atom. The van der Waals surface area contributed by atoms with Crippen molar-refractivity contribution in [1.82, 2.24) is 4.98 Å². The van der Waals surface area contributed by atoms with Crippen LogP contribution in [0, 0.1) is 6.92 Å². The number of hydrogen-bond acceptors (Lipinski definition) is 4. The Morgan fingerprint density at radius 1 is 1.07 bits per heavy atom. The summed E-state index contributed by atoms with van der Waals surface area (Å²) in [5, 5.41) is 5.89. The summed E-state index contributed by atoms with van der Waals surface area (Å²) in [5.41, 5.74) is 5.59. The van der Waals surface area contributed by atoms with Crippen LogP contribution in [0.15, 0.2) is 53.9 Å². The summed E-state index contributed by atoms with van der Waals surface area (Å²) >= 11 is 1.56. The maximum Gasteiger partial charge on any atom is 0.231 e. The highest BCUT2D eigenvalue weighted by molar-refractivity contribution is 7.09. The van der Waals surface area contributed by atoms with Crippen molar-refractivity contribution in [3.05, 3.63) is 75.7 Å². The molecule has 3 rings (SSSR count). The summed E-state index contributed by atoms with van der Waals surface area (Å²) in [6.45, 7) is 7.08. The number of carbonyl (C=O) groups is 1. The molecule has 1 amide bonds. The van der Waals surface area contributed by atoms with E-state index in [0.29, 0.717) is 6.42 Å². The number of nitrogens with zero attached hydrogens (tertiary/aromatic N) is 2. The lowest BCUT2D eigenvalue weighted by molar-refractivity contribution is -0.926. The minimum atomic E-state index is -0.0274. The molecule has 0 radical (unpaired) electrons. The van der Waals surface area contributed by atoms with Crippen molar-refractivity contribution < 1.29 is 9.69 Å². The molecule has 0 saturated heterocycles. The van der Waals surface area contributed by atoms with Crippen molar-refractivity contribution in [2.45, 2.75) is 33.4 Å². The van der Waals surface area contributed by atoms with Gasteiger partial charge in [-0.1, -0.05) is 29.8 Å². The van der Waals surface area contributed by atoms with Crippen LogP contribution >= 0.6 is 11.3 Å². The number of benzene rings is 2. The zero-order chi connectivity index (χ0) is 21.5. The molecular formula is C24H31N4OS+. The Bertz CT molecular complexity index is 948. The molecule has 0 aliphatic carbocycles. The lowest BCUT2D eigenvalue weighted by Crippen LogP contribution is -3.09. The molecule has 0 fully saturated rings. The van der Waals surface area contributed by atoms with E-state index in [9.17, 15) is 4.79 Å². The quantitative estimate of drug-likeness (QED) is 0.555. The van der Waals surface area contributed by atoms with Crippen LogP contribution in [0.25, 0.3) is 0 Å². The molecule has 0 saturated carbocycles. The van der Waals surface area contributed by atoms with Crippen LogP contribution in [-0.4, -0.2) is 31.5 Å². The minimum absolute atomic E-state index is 0.0274. The van der Waals surface area contributed by atoms with E-state index < -0.39 is 0 Å². The van der Waals surface area contributed by atoms with E-state index in [1.165, 1.54) is 21.7 Å². The molecule has 1 heterocycles. The first kappa shape index (κ1) is 22.0. The van der Waals surface area contributed by atoms with Gasteiger partial charge in [0.2, 0.25) is 5.91 Å². The van der Waals surface area contributed by atoms with Crippen molar-refractivity contribution in [2.75, 3.05) is 30.9 Å². The second-order valence-electron chi connectivity index (χ2n) is 7.84. The van der Waals surface area contributed by atoms with Gasteiger partial charge in [-0.25, -0.2) is 4.98 Å². The number of quaternary nitrogens is 1. The first-order valence-electron chi connectivity index (χ1n) is 10.3. The lowest BCUT2D eigenvalue weighted by atomic mass is 10.2. The fourth-order valence-corrected chi connectivity index (χ4v) is 4.05. The van der Waals surface area contributed by atoms with Crippen LogP contribution in [-0.2, 0) is 24.3 Å². The maximum absolute atomic E-state index is 12.3. The fraction of sp³-hybridized carbons (Fsp3) is 0.333. The predicted molar refractivity (Wildman–Crippen MR) is 125 cm³/mol. The average molecular weight is 424 g/mol. The smallest absolute Gasteiger partial charge is 0.231 e. The molecule has 3 aromatic rings. The third kappa shape index (κ3) is 6.40.